The lowest BCUT2D eigenvalue weighted by Gasteiger charge is -2.16. The van der Waals surface area contributed by atoms with Gasteiger partial charge in [-0.15, -0.1) is 0 Å². The third-order valence-corrected chi connectivity index (χ3v) is 4.54. The molecule has 0 bridgehead atoms. The van der Waals surface area contributed by atoms with E-state index in [0.29, 0.717) is 23.0 Å². The lowest BCUT2D eigenvalue weighted by atomic mass is 10.0. The molecule has 1 aliphatic rings. The molecule has 5 heteroatoms. The summed E-state index contributed by atoms with van der Waals surface area (Å²) in [5, 5.41) is 3.65. The van der Waals surface area contributed by atoms with E-state index < -0.39 is 6.09 Å². The number of rotatable bonds is 4. The normalized spacial score (nSPS) is 15.1. The summed E-state index contributed by atoms with van der Waals surface area (Å²) >= 11 is 0. The molecule has 0 radical (unpaired) electrons. The Bertz CT molecular complexity index is 915. The van der Waals surface area contributed by atoms with Crippen LogP contribution in [0.15, 0.2) is 52.9 Å². The molecule has 1 atom stereocenters. The maximum Gasteiger partial charge on any atom is 0.413 e. The van der Waals surface area contributed by atoms with E-state index >= 15 is 0 Å². The van der Waals surface area contributed by atoms with Crippen molar-refractivity contribution in [1.29, 1.82) is 0 Å². The summed E-state index contributed by atoms with van der Waals surface area (Å²) in [6.45, 7) is 1.89. The van der Waals surface area contributed by atoms with E-state index in [2.05, 4.69) is 5.32 Å². The van der Waals surface area contributed by atoms with Gasteiger partial charge in [0.25, 0.3) is 0 Å². The van der Waals surface area contributed by atoms with E-state index in [1.165, 1.54) is 12.1 Å². The zero-order valence-corrected chi connectivity index (χ0v) is 13.8. The summed E-state index contributed by atoms with van der Waals surface area (Å²) in [7, 11) is 0. The van der Waals surface area contributed by atoms with Crippen LogP contribution in [0.3, 0.4) is 0 Å². The van der Waals surface area contributed by atoms with Crippen LogP contribution in [0, 0.1) is 18.7 Å². The Morgan fingerprint density at radius 2 is 2.00 bits per heavy atom. The number of hydrogen-bond acceptors (Lipinski definition) is 3. The van der Waals surface area contributed by atoms with Crippen LogP contribution in [0.2, 0.25) is 0 Å². The molecule has 1 fully saturated rings. The second-order valence-electron chi connectivity index (χ2n) is 6.39. The molecule has 4 nitrogen and oxygen atoms in total. The van der Waals surface area contributed by atoms with Crippen molar-refractivity contribution in [2.24, 2.45) is 5.92 Å². The Labute approximate surface area is 144 Å². The fourth-order valence-corrected chi connectivity index (χ4v) is 3.09. The molecular weight excluding hydrogens is 321 g/mol. The van der Waals surface area contributed by atoms with Crippen LogP contribution < -0.4 is 10.1 Å². The largest absolute Gasteiger partial charge is 0.459 e. The highest BCUT2D eigenvalue weighted by Gasteiger charge is 2.37. The minimum atomic E-state index is -0.519. The smallest absolute Gasteiger partial charge is 0.413 e. The molecule has 1 N–H and O–H groups in total. The van der Waals surface area contributed by atoms with Gasteiger partial charge < -0.3 is 14.5 Å². The third kappa shape index (κ3) is 3.22. The molecule has 0 saturated heterocycles. The highest BCUT2D eigenvalue weighted by Crippen LogP contribution is 2.44. The molecular formula is C20H18FNO3. The van der Waals surface area contributed by atoms with E-state index in [4.69, 9.17) is 9.15 Å². The van der Waals surface area contributed by atoms with Crippen molar-refractivity contribution in [2.45, 2.75) is 25.8 Å². The molecule has 0 aliphatic heterocycles. The average molecular weight is 339 g/mol. The van der Waals surface area contributed by atoms with Crippen LogP contribution in [0.5, 0.6) is 5.75 Å². The predicted octanol–water partition coefficient (Wildman–Crippen LogP) is 5.12. The van der Waals surface area contributed by atoms with Crippen LogP contribution >= 0.6 is 0 Å². The number of aryl methyl sites for hydroxylation is 1. The molecule has 1 heterocycles. The topological polar surface area (TPSA) is 51.5 Å². The Kier molecular flexibility index (Phi) is 3.92. The summed E-state index contributed by atoms with van der Waals surface area (Å²) in [5.74, 6) is 1.17. The molecule has 1 amide bonds. The second-order valence-corrected chi connectivity index (χ2v) is 6.39. The van der Waals surface area contributed by atoms with Gasteiger partial charge in [0.15, 0.2) is 0 Å². The lowest BCUT2D eigenvalue weighted by Crippen LogP contribution is -2.32. The van der Waals surface area contributed by atoms with E-state index in [0.717, 1.165) is 23.8 Å². The van der Waals surface area contributed by atoms with Crippen molar-refractivity contribution in [1.82, 2.24) is 5.32 Å². The fraction of sp³-hybridized carbons (Fsp3) is 0.250. The first-order chi connectivity index (χ1) is 12.1. The third-order valence-electron chi connectivity index (χ3n) is 4.54. The van der Waals surface area contributed by atoms with Crippen molar-refractivity contribution in [3.8, 4) is 5.75 Å². The van der Waals surface area contributed by atoms with Gasteiger partial charge in [0, 0.05) is 10.9 Å². The van der Waals surface area contributed by atoms with Crippen LogP contribution in [0.25, 0.3) is 11.0 Å². The number of fused-ring (bicyclic) bond motifs is 1. The summed E-state index contributed by atoms with van der Waals surface area (Å²) in [6.07, 6.45) is 1.51. The minimum Gasteiger partial charge on any atom is -0.459 e. The number of furan rings is 1. The first kappa shape index (κ1) is 15.7. The lowest BCUT2D eigenvalue weighted by molar-refractivity contribution is 0.192. The molecule has 1 aliphatic carbocycles. The summed E-state index contributed by atoms with van der Waals surface area (Å²) < 4.78 is 24.8. The van der Waals surface area contributed by atoms with Crippen molar-refractivity contribution in [3.63, 3.8) is 0 Å². The first-order valence-electron chi connectivity index (χ1n) is 8.34. The summed E-state index contributed by atoms with van der Waals surface area (Å²) in [4.78, 5) is 12.3. The highest BCUT2D eigenvalue weighted by molar-refractivity contribution is 5.82. The summed E-state index contributed by atoms with van der Waals surface area (Å²) in [5.41, 5.74) is 1.48. The second kappa shape index (κ2) is 6.24. The molecule has 0 unspecified atom stereocenters. The minimum absolute atomic E-state index is 0.272. The number of nitrogens with one attached hydrogen (secondary N) is 1. The Hall–Kier alpha value is -2.82. The number of benzene rings is 2. The van der Waals surface area contributed by atoms with Crippen LogP contribution in [0.4, 0.5) is 9.18 Å². The first-order valence-corrected chi connectivity index (χ1v) is 8.34. The number of hydrogen-bond donors (Lipinski definition) is 1. The highest BCUT2D eigenvalue weighted by atomic mass is 19.1. The zero-order chi connectivity index (χ0) is 17.4. The van der Waals surface area contributed by atoms with Crippen molar-refractivity contribution >= 4 is 17.1 Å². The van der Waals surface area contributed by atoms with Gasteiger partial charge in [-0.2, -0.15) is 0 Å². The van der Waals surface area contributed by atoms with Crippen LogP contribution in [0.1, 0.15) is 30.2 Å². The van der Waals surface area contributed by atoms with Gasteiger partial charge in [0.05, 0.1) is 6.04 Å². The zero-order valence-electron chi connectivity index (χ0n) is 13.8. The van der Waals surface area contributed by atoms with Gasteiger partial charge in [-0.1, -0.05) is 18.2 Å². The average Bonchev–Trinajstić information content (AvgIpc) is 3.39. The maximum atomic E-state index is 13.5. The van der Waals surface area contributed by atoms with Gasteiger partial charge in [0.1, 0.15) is 22.9 Å². The fourth-order valence-electron chi connectivity index (χ4n) is 3.09. The van der Waals surface area contributed by atoms with Crippen molar-refractivity contribution in [2.75, 3.05) is 0 Å². The van der Waals surface area contributed by atoms with E-state index in [9.17, 15) is 9.18 Å². The van der Waals surface area contributed by atoms with Gasteiger partial charge >= 0.3 is 6.09 Å². The van der Waals surface area contributed by atoms with Gasteiger partial charge in [0.2, 0.25) is 0 Å². The molecule has 128 valence electrons. The molecule has 1 aromatic heterocycles. The monoisotopic (exact) mass is 339 g/mol. The van der Waals surface area contributed by atoms with Crippen molar-refractivity contribution in [3.05, 3.63) is 65.7 Å². The molecule has 1 saturated carbocycles. The SMILES string of the molecule is Cc1c([C@@H](NC(=O)Oc2ccccc2)C2CC2)oc2ccc(F)cc12. The standard InChI is InChI=1S/C20H18FNO3/c1-12-16-11-14(21)9-10-17(16)25-19(12)18(13-7-8-13)22-20(23)24-15-5-3-2-4-6-15/h2-6,9-11,13,18H,7-8H2,1H3,(H,22,23)/t18-/m0/s1. The quantitative estimate of drug-likeness (QED) is 0.718. The predicted molar refractivity (Wildman–Crippen MR) is 92.0 cm³/mol. The summed E-state index contributed by atoms with van der Waals surface area (Å²) in [6, 6.07) is 13.1. The van der Waals surface area contributed by atoms with Crippen LogP contribution in [-0.4, -0.2) is 6.09 Å². The number of amides is 1. The Balaban J connectivity index is 1.59. The van der Waals surface area contributed by atoms with Gasteiger partial charge in [-0.05, 0) is 56.0 Å². The Morgan fingerprint density at radius 1 is 1.24 bits per heavy atom. The van der Waals surface area contributed by atoms with Gasteiger partial charge in [-0.25, -0.2) is 9.18 Å². The van der Waals surface area contributed by atoms with E-state index in [1.54, 1.807) is 30.3 Å². The Morgan fingerprint density at radius 3 is 2.72 bits per heavy atom. The number of halogens is 1. The van der Waals surface area contributed by atoms with Gasteiger partial charge in [-0.3, -0.25) is 0 Å². The molecule has 3 aromatic rings. The van der Waals surface area contributed by atoms with Crippen LogP contribution in [-0.2, 0) is 0 Å². The molecule has 4 rings (SSSR count). The number of ether oxygens (including phenoxy) is 1. The van der Waals surface area contributed by atoms with E-state index in [1.807, 2.05) is 13.0 Å². The molecule has 25 heavy (non-hydrogen) atoms. The van der Waals surface area contributed by atoms with Crippen molar-refractivity contribution < 1.29 is 18.3 Å². The molecule has 0 spiro atoms. The number of carbonyl (C=O) groups is 1. The number of para-hydroxylation sites is 1. The van der Waals surface area contributed by atoms with E-state index in [-0.39, 0.29) is 11.9 Å². The molecule has 2 aromatic carbocycles. The number of carbonyl (C=O) groups excluding carboxylic acids is 1. The maximum absolute atomic E-state index is 13.5.